The van der Waals surface area contributed by atoms with E-state index in [0.29, 0.717) is 18.4 Å². The summed E-state index contributed by atoms with van der Waals surface area (Å²) in [6.07, 6.45) is 0. The normalized spacial score (nSPS) is 13.0. The molecular weight excluding hydrogens is 329 g/mol. The molecule has 0 bridgehead atoms. The van der Waals surface area contributed by atoms with Crippen molar-refractivity contribution in [2.45, 2.75) is 17.3 Å². The van der Waals surface area contributed by atoms with Crippen LogP contribution in [0.3, 0.4) is 0 Å². The van der Waals surface area contributed by atoms with Crippen LogP contribution in [0.5, 0.6) is 5.75 Å². The summed E-state index contributed by atoms with van der Waals surface area (Å²) in [4.78, 5) is 1.06. The minimum absolute atomic E-state index is 0. The van der Waals surface area contributed by atoms with Crippen molar-refractivity contribution in [3.05, 3.63) is 52.5 Å². The van der Waals surface area contributed by atoms with Gasteiger partial charge >= 0.3 is 0 Å². The monoisotopic (exact) mass is 343 g/mol. The van der Waals surface area contributed by atoms with Gasteiger partial charge in [0, 0.05) is 32.5 Å². The first-order valence-electron chi connectivity index (χ1n) is 6.23. The zero-order valence-electron chi connectivity index (χ0n) is 11.2. The second-order valence-electron chi connectivity index (χ2n) is 4.49. The number of halogens is 2. The maximum Gasteiger partial charge on any atom is 0.189 e. The van der Waals surface area contributed by atoms with Crippen LogP contribution in [0.15, 0.2) is 41.3 Å². The number of rotatable bonds is 3. The predicted molar refractivity (Wildman–Crippen MR) is 89.4 cm³/mol. The van der Waals surface area contributed by atoms with E-state index >= 15 is 0 Å². The number of para-hydroxylation sites is 1. The van der Waals surface area contributed by atoms with Crippen molar-refractivity contribution >= 4 is 41.5 Å². The molecule has 0 saturated carbocycles. The van der Waals surface area contributed by atoms with Crippen LogP contribution in [0.4, 0.5) is 5.69 Å². The van der Waals surface area contributed by atoms with Gasteiger partial charge < -0.3 is 15.2 Å². The Morgan fingerprint density at radius 2 is 2.05 bits per heavy atom. The van der Waals surface area contributed by atoms with Gasteiger partial charge in [-0.2, -0.15) is 0 Å². The van der Waals surface area contributed by atoms with Crippen LogP contribution in [0.25, 0.3) is 0 Å². The van der Waals surface area contributed by atoms with Gasteiger partial charge in [-0.3, -0.25) is 0 Å². The Balaban J connectivity index is 0.00000161. The van der Waals surface area contributed by atoms with Crippen molar-refractivity contribution in [3.8, 4) is 5.75 Å². The lowest BCUT2D eigenvalue weighted by molar-refractivity contribution is -0.0168. The van der Waals surface area contributed by atoms with Crippen molar-refractivity contribution < 1.29 is 9.47 Å². The fraction of sp³-hybridized carbons (Fsp3) is 0.200. The van der Waals surface area contributed by atoms with E-state index in [1.54, 1.807) is 11.8 Å². The summed E-state index contributed by atoms with van der Waals surface area (Å²) < 4.78 is 10.9. The molecule has 2 aromatic rings. The molecule has 0 aromatic heterocycles. The summed E-state index contributed by atoms with van der Waals surface area (Å²) in [6.45, 7) is 0.834. The van der Waals surface area contributed by atoms with Crippen molar-refractivity contribution in [2.24, 2.45) is 0 Å². The van der Waals surface area contributed by atoms with E-state index in [2.05, 4.69) is 0 Å². The first kappa shape index (κ1) is 16.3. The topological polar surface area (TPSA) is 44.5 Å². The maximum absolute atomic E-state index is 6.15. The molecule has 0 atom stereocenters. The summed E-state index contributed by atoms with van der Waals surface area (Å²) in [5.41, 5.74) is 8.82. The zero-order chi connectivity index (χ0) is 13.9. The van der Waals surface area contributed by atoms with Gasteiger partial charge in [-0.15, -0.1) is 24.2 Å². The third-order valence-electron chi connectivity index (χ3n) is 3.05. The first-order chi connectivity index (χ1) is 9.74. The molecule has 6 heteroatoms. The van der Waals surface area contributed by atoms with E-state index in [-0.39, 0.29) is 12.4 Å². The van der Waals surface area contributed by atoms with Gasteiger partial charge in [0.2, 0.25) is 0 Å². The predicted octanol–water partition coefficient (Wildman–Crippen LogP) is 4.50. The van der Waals surface area contributed by atoms with E-state index in [0.717, 1.165) is 33.2 Å². The summed E-state index contributed by atoms with van der Waals surface area (Å²) >= 11 is 7.83. The number of nitrogen functional groups attached to an aromatic ring is 1. The van der Waals surface area contributed by atoms with Gasteiger partial charge in [0.05, 0.1) is 6.61 Å². The third-order valence-corrected chi connectivity index (χ3v) is 4.41. The molecule has 2 aromatic carbocycles. The molecule has 0 unspecified atom stereocenters. The summed E-state index contributed by atoms with van der Waals surface area (Å²) in [6, 6.07) is 11.7. The number of fused-ring (bicyclic) bond motifs is 1. The van der Waals surface area contributed by atoms with E-state index in [4.69, 9.17) is 26.8 Å². The highest BCUT2D eigenvalue weighted by atomic mass is 35.5. The minimum Gasteiger partial charge on any atom is -0.467 e. The van der Waals surface area contributed by atoms with Crippen LogP contribution in [0.2, 0.25) is 5.02 Å². The molecule has 0 spiro atoms. The van der Waals surface area contributed by atoms with Crippen LogP contribution in [-0.4, -0.2) is 6.79 Å². The lowest BCUT2D eigenvalue weighted by atomic mass is 10.1. The van der Waals surface area contributed by atoms with Gasteiger partial charge in [0.15, 0.2) is 6.79 Å². The summed E-state index contributed by atoms with van der Waals surface area (Å²) in [7, 11) is 0. The Hall–Kier alpha value is -1.07. The first-order valence-corrected chi connectivity index (χ1v) is 7.59. The van der Waals surface area contributed by atoms with Gasteiger partial charge in [0.1, 0.15) is 5.75 Å². The number of anilines is 1. The molecule has 2 N–H and O–H groups in total. The molecule has 0 radical (unpaired) electrons. The van der Waals surface area contributed by atoms with Gasteiger partial charge in [-0.25, -0.2) is 0 Å². The van der Waals surface area contributed by atoms with Crippen molar-refractivity contribution in [3.63, 3.8) is 0 Å². The van der Waals surface area contributed by atoms with Crippen LogP contribution >= 0.6 is 35.8 Å². The van der Waals surface area contributed by atoms with Crippen LogP contribution in [0.1, 0.15) is 11.1 Å². The third kappa shape index (κ3) is 3.77. The number of benzene rings is 2. The number of hydrogen-bond acceptors (Lipinski definition) is 4. The quantitative estimate of drug-likeness (QED) is 0.658. The SMILES string of the molecule is Cl.Nc1ccccc1SCc1cc(Cl)cc2c1OCOC2. The Labute approximate surface area is 139 Å². The van der Waals surface area contributed by atoms with E-state index in [1.807, 2.05) is 36.4 Å². The fourth-order valence-electron chi connectivity index (χ4n) is 2.13. The molecule has 1 aliphatic rings. The van der Waals surface area contributed by atoms with Gasteiger partial charge in [0.25, 0.3) is 0 Å². The van der Waals surface area contributed by atoms with Crippen molar-refractivity contribution in [1.29, 1.82) is 0 Å². The molecule has 1 aliphatic heterocycles. The fourth-order valence-corrected chi connectivity index (χ4v) is 3.33. The Bertz CT molecular complexity index is 637. The highest BCUT2D eigenvalue weighted by Gasteiger charge is 2.16. The summed E-state index contributed by atoms with van der Waals surface area (Å²) in [5.74, 6) is 1.65. The smallest absolute Gasteiger partial charge is 0.189 e. The summed E-state index contributed by atoms with van der Waals surface area (Å²) in [5, 5.41) is 0.703. The average molecular weight is 344 g/mol. The van der Waals surface area contributed by atoms with Crippen molar-refractivity contribution in [2.75, 3.05) is 12.5 Å². The Morgan fingerprint density at radius 3 is 2.86 bits per heavy atom. The van der Waals surface area contributed by atoms with Crippen LogP contribution in [-0.2, 0) is 17.1 Å². The Morgan fingerprint density at radius 1 is 1.24 bits per heavy atom. The van der Waals surface area contributed by atoms with E-state index < -0.39 is 0 Å². The van der Waals surface area contributed by atoms with Crippen LogP contribution < -0.4 is 10.5 Å². The lowest BCUT2D eigenvalue weighted by Gasteiger charge is -2.21. The second kappa shape index (κ2) is 7.27. The molecule has 112 valence electrons. The number of hydrogen-bond donors (Lipinski definition) is 1. The molecule has 0 fully saturated rings. The van der Waals surface area contributed by atoms with Gasteiger partial charge in [-0.1, -0.05) is 23.7 Å². The zero-order valence-corrected chi connectivity index (χ0v) is 13.6. The lowest BCUT2D eigenvalue weighted by Crippen LogP contribution is -2.12. The molecule has 21 heavy (non-hydrogen) atoms. The highest BCUT2D eigenvalue weighted by molar-refractivity contribution is 7.98. The number of thioether (sulfide) groups is 1. The van der Waals surface area contributed by atoms with E-state index in [1.165, 1.54) is 0 Å². The largest absolute Gasteiger partial charge is 0.467 e. The average Bonchev–Trinajstić information content (AvgIpc) is 2.46. The van der Waals surface area contributed by atoms with Crippen LogP contribution in [0, 0.1) is 0 Å². The molecular formula is C15H15Cl2NO2S. The Kier molecular flexibility index (Phi) is 5.65. The molecule has 3 rings (SSSR count). The number of nitrogens with two attached hydrogens (primary N) is 1. The molecule has 1 heterocycles. The highest BCUT2D eigenvalue weighted by Crippen LogP contribution is 2.36. The minimum atomic E-state index is 0. The van der Waals surface area contributed by atoms with Crippen molar-refractivity contribution in [1.82, 2.24) is 0 Å². The molecule has 0 aliphatic carbocycles. The standard InChI is InChI=1S/C15H14ClNO2S.ClH/c16-12-5-10-7-18-9-19-15(10)11(6-12)8-20-14-4-2-1-3-13(14)17;/h1-6H,7-9,17H2;1H. The molecule has 0 saturated heterocycles. The second-order valence-corrected chi connectivity index (χ2v) is 5.94. The number of ether oxygens (including phenoxy) is 2. The van der Waals surface area contributed by atoms with Gasteiger partial charge in [-0.05, 0) is 24.3 Å². The van der Waals surface area contributed by atoms with E-state index in [9.17, 15) is 0 Å². The maximum atomic E-state index is 6.15. The molecule has 0 amide bonds. The molecule has 3 nitrogen and oxygen atoms in total.